The molecule has 1 aliphatic rings. The largest absolute Gasteiger partial charge is 0.381 e. The van der Waals surface area contributed by atoms with Gasteiger partial charge in [-0.25, -0.2) is 4.68 Å². The number of hydrogen-bond acceptors (Lipinski definition) is 4. The van der Waals surface area contributed by atoms with Crippen LogP contribution in [0.15, 0.2) is 11.0 Å². The van der Waals surface area contributed by atoms with E-state index in [2.05, 4.69) is 16.3 Å². The number of rotatable bonds is 4. The number of aromatic nitrogens is 2. The molecule has 0 saturated carbocycles. The molecule has 18 heavy (non-hydrogen) atoms. The van der Waals surface area contributed by atoms with E-state index in [0.717, 1.165) is 13.0 Å². The van der Waals surface area contributed by atoms with Gasteiger partial charge in [0.05, 0.1) is 17.8 Å². The molecule has 5 nitrogen and oxygen atoms in total. The van der Waals surface area contributed by atoms with Gasteiger partial charge in [0.15, 0.2) is 0 Å². The first kappa shape index (κ1) is 12.9. The van der Waals surface area contributed by atoms with Crippen LogP contribution in [0.4, 0.5) is 5.69 Å². The average molecular weight is 268 g/mol. The SMILES string of the molecule is C#CCn1ncc(Cl)c(NCC2CCOC2)c1=O. The normalized spacial score (nSPS) is 18.6. The Kier molecular flexibility index (Phi) is 4.24. The summed E-state index contributed by atoms with van der Waals surface area (Å²) in [6.07, 6.45) is 7.59. The van der Waals surface area contributed by atoms with Gasteiger partial charge >= 0.3 is 0 Å². The minimum atomic E-state index is -0.292. The van der Waals surface area contributed by atoms with Crippen LogP contribution in [0.25, 0.3) is 0 Å². The van der Waals surface area contributed by atoms with Gasteiger partial charge in [0, 0.05) is 19.1 Å². The van der Waals surface area contributed by atoms with E-state index >= 15 is 0 Å². The van der Waals surface area contributed by atoms with Crippen molar-refractivity contribution in [3.63, 3.8) is 0 Å². The van der Waals surface area contributed by atoms with Crippen LogP contribution in [-0.4, -0.2) is 29.5 Å². The molecule has 2 rings (SSSR count). The van der Waals surface area contributed by atoms with Gasteiger partial charge in [-0.2, -0.15) is 5.10 Å². The Balaban J connectivity index is 2.13. The van der Waals surface area contributed by atoms with Gasteiger partial charge in [0.1, 0.15) is 12.2 Å². The standard InChI is InChI=1S/C12H14ClN3O2/c1-2-4-16-12(17)11(10(13)7-15-16)14-6-9-3-5-18-8-9/h1,7,9,14H,3-6,8H2. The van der Waals surface area contributed by atoms with Crippen LogP contribution >= 0.6 is 11.6 Å². The lowest BCUT2D eigenvalue weighted by Gasteiger charge is -2.12. The molecule has 1 fully saturated rings. The fraction of sp³-hybridized carbons (Fsp3) is 0.500. The molecule has 2 heterocycles. The minimum Gasteiger partial charge on any atom is -0.381 e. The molecule has 0 aliphatic carbocycles. The summed E-state index contributed by atoms with van der Waals surface area (Å²) in [6, 6.07) is 0. The van der Waals surface area contributed by atoms with Crippen molar-refractivity contribution in [1.29, 1.82) is 0 Å². The summed E-state index contributed by atoms with van der Waals surface area (Å²) in [5.41, 5.74) is 0.0631. The van der Waals surface area contributed by atoms with Crippen molar-refractivity contribution in [2.24, 2.45) is 5.92 Å². The van der Waals surface area contributed by atoms with Gasteiger partial charge in [-0.15, -0.1) is 6.42 Å². The molecule has 1 aromatic heterocycles. The van der Waals surface area contributed by atoms with E-state index in [0.29, 0.717) is 29.8 Å². The first-order valence-electron chi connectivity index (χ1n) is 5.73. The van der Waals surface area contributed by atoms with Crippen molar-refractivity contribution in [1.82, 2.24) is 9.78 Å². The molecule has 96 valence electrons. The topological polar surface area (TPSA) is 56.1 Å². The van der Waals surface area contributed by atoms with Gasteiger partial charge in [0.25, 0.3) is 5.56 Å². The van der Waals surface area contributed by atoms with Crippen molar-refractivity contribution in [2.75, 3.05) is 25.1 Å². The highest BCUT2D eigenvalue weighted by atomic mass is 35.5. The Morgan fingerprint density at radius 3 is 3.22 bits per heavy atom. The molecule has 1 N–H and O–H groups in total. The second-order valence-electron chi connectivity index (χ2n) is 4.14. The van der Waals surface area contributed by atoms with Crippen molar-refractivity contribution in [3.8, 4) is 12.3 Å². The number of anilines is 1. The zero-order valence-corrected chi connectivity index (χ0v) is 10.6. The van der Waals surface area contributed by atoms with Crippen molar-refractivity contribution in [2.45, 2.75) is 13.0 Å². The van der Waals surface area contributed by atoms with Gasteiger partial charge < -0.3 is 10.1 Å². The lowest BCUT2D eigenvalue weighted by atomic mass is 10.1. The summed E-state index contributed by atoms with van der Waals surface area (Å²) in [7, 11) is 0. The third-order valence-corrected chi connectivity index (χ3v) is 3.12. The van der Waals surface area contributed by atoms with Crippen LogP contribution in [-0.2, 0) is 11.3 Å². The van der Waals surface area contributed by atoms with Crippen LogP contribution in [0.2, 0.25) is 5.02 Å². The first-order chi connectivity index (χ1) is 8.72. The van der Waals surface area contributed by atoms with E-state index in [1.807, 2.05) is 0 Å². The maximum atomic E-state index is 12.0. The number of ether oxygens (including phenoxy) is 1. The number of nitrogens with zero attached hydrogens (tertiary/aromatic N) is 2. The summed E-state index contributed by atoms with van der Waals surface area (Å²) >= 11 is 5.97. The highest BCUT2D eigenvalue weighted by Gasteiger charge is 2.17. The van der Waals surface area contributed by atoms with E-state index in [9.17, 15) is 4.79 Å². The third-order valence-electron chi connectivity index (χ3n) is 2.83. The average Bonchev–Trinajstić information content (AvgIpc) is 2.86. The molecular weight excluding hydrogens is 254 g/mol. The predicted octanol–water partition coefficient (Wildman–Crippen LogP) is 0.978. The minimum absolute atomic E-state index is 0.136. The number of nitrogens with one attached hydrogen (secondary N) is 1. The number of hydrogen-bond donors (Lipinski definition) is 1. The molecular formula is C12H14ClN3O2. The van der Waals surface area contributed by atoms with Crippen molar-refractivity contribution in [3.05, 3.63) is 21.6 Å². The highest BCUT2D eigenvalue weighted by molar-refractivity contribution is 6.32. The summed E-state index contributed by atoms with van der Waals surface area (Å²) in [4.78, 5) is 12.0. The molecule has 0 aromatic carbocycles. The molecule has 0 radical (unpaired) electrons. The molecule has 1 atom stereocenters. The third kappa shape index (κ3) is 2.84. The molecule has 1 aromatic rings. The van der Waals surface area contributed by atoms with E-state index in [4.69, 9.17) is 22.8 Å². The fourth-order valence-corrected chi connectivity index (χ4v) is 2.01. The Hall–Kier alpha value is -1.51. The van der Waals surface area contributed by atoms with Crippen LogP contribution in [0, 0.1) is 18.3 Å². The first-order valence-corrected chi connectivity index (χ1v) is 6.11. The molecule has 1 saturated heterocycles. The van der Waals surface area contributed by atoms with Crippen molar-refractivity contribution >= 4 is 17.3 Å². The molecule has 1 aliphatic heterocycles. The monoisotopic (exact) mass is 267 g/mol. The van der Waals surface area contributed by atoms with Gasteiger partial charge in [-0.3, -0.25) is 4.79 Å². The summed E-state index contributed by atoms with van der Waals surface area (Å²) in [5.74, 6) is 2.79. The Bertz CT molecular complexity index is 515. The molecule has 0 amide bonds. The molecule has 6 heteroatoms. The zero-order valence-electron chi connectivity index (χ0n) is 9.86. The van der Waals surface area contributed by atoms with Gasteiger partial charge in [-0.1, -0.05) is 17.5 Å². The number of terminal acetylenes is 1. The summed E-state index contributed by atoms with van der Waals surface area (Å²) in [6.45, 7) is 2.29. The smallest absolute Gasteiger partial charge is 0.292 e. The lowest BCUT2D eigenvalue weighted by molar-refractivity contribution is 0.187. The lowest BCUT2D eigenvalue weighted by Crippen LogP contribution is -2.27. The van der Waals surface area contributed by atoms with Crippen LogP contribution < -0.4 is 10.9 Å². The van der Waals surface area contributed by atoms with E-state index in [1.54, 1.807) is 0 Å². The van der Waals surface area contributed by atoms with Crippen LogP contribution in [0.3, 0.4) is 0 Å². The van der Waals surface area contributed by atoms with Crippen LogP contribution in [0.5, 0.6) is 0 Å². The second-order valence-corrected chi connectivity index (χ2v) is 4.55. The molecule has 0 spiro atoms. The second kappa shape index (κ2) is 5.89. The molecule has 0 bridgehead atoms. The van der Waals surface area contributed by atoms with Crippen molar-refractivity contribution < 1.29 is 4.74 Å². The van der Waals surface area contributed by atoms with E-state index in [-0.39, 0.29) is 12.1 Å². The summed E-state index contributed by atoms with van der Waals surface area (Å²) < 4.78 is 6.48. The maximum absolute atomic E-state index is 12.0. The zero-order chi connectivity index (χ0) is 13.0. The predicted molar refractivity (Wildman–Crippen MR) is 69.8 cm³/mol. The summed E-state index contributed by atoms with van der Waals surface area (Å²) in [5, 5.41) is 7.25. The Morgan fingerprint density at radius 1 is 1.72 bits per heavy atom. The highest BCUT2D eigenvalue weighted by Crippen LogP contribution is 2.17. The van der Waals surface area contributed by atoms with Gasteiger partial charge in [-0.05, 0) is 6.42 Å². The van der Waals surface area contributed by atoms with Gasteiger partial charge in [0.2, 0.25) is 0 Å². The fourth-order valence-electron chi connectivity index (χ4n) is 1.82. The van der Waals surface area contributed by atoms with E-state index in [1.165, 1.54) is 10.9 Å². The Labute approximate surface area is 110 Å². The van der Waals surface area contributed by atoms with Crippen LogP contribution in [0.1, 0.15) is 6.42 Å². The quantitative estimate of drug-likeness (QED) is 0.827. The number of halogens is 1. The van der Waals surface area contributed by atoms with E-state index < -0.39 is 0 Å². The maximum Gasteiger partial charge on any atom is 0.292 e. The Morgan fingerprint density at radius 2 is 2.56 bits per heavy atom. The molecule has 1 unspecified atom stereocenters.